The lowest BCUT2D eigenvalue weighted by atomic mass is 9.85. The fourth-order valence-electron chi connectivity index (χ4n) is 5.16. The van der Waals surface area contributed by atoms with Crippen molar-refractivity contribution in [3.63, 3.8) is 0 Å². The van der Waals surface area contributed by atoms with Gasteiger partial charge in [0.05, 0.1) is 5.69 Å². The highest BCUT2D eigenvalue weighted by Gasteiger charge is 2.60. The molecule has 2 aliphatic rings. The van der Waals surface area contributed by atoms with Crippen LogP contribution in [0.3, 0.4) is 0 Å². The normalized spacial score (nSPS) is 17.8. The summed E-state index contributed by atoms with van der Waals surface area (Å²) in [5.74, 6) is -0.474. The molecule has 2 saturated heterocycles. The second-order valence-corrected chi connectivity index (χ2v) is 9.32. The molecule has 2 aliphatic heterocycles. The van der Waals surface area contributed by atoms with Crippen molar-refractivity contribution in [2.24, 2.45) is 0 Å². The minimum Gasteiger partial charge on any atom is -0.493 e. The molecule has 1 N–H and O–H groups in total. The molecule has 1 aromatic heterocycles. The minimum absolute atomic E-state index is 0.0438. The average Bonchev–Trinajstić information content (AvgIpc) is 3.11. The number of hydrogen-bond acceptors (Lipinski definition) is 6. The maximum atomic E-state index is 14.0. The van der Waals surface area contributed by atoms with E-state index < -0.39 is 11.6 Å². The quantitative estimate of drug-likeness (QED) is 0.388. The Bertz CT molecular complexity index is 1220. The molecule has 0 aliphatic carbocycles. The maximum absolute atomic E-state index is 14.0. The fraction of sp³-hybridized carbons (Fsp3) is 0.321. The molecule has 0 unspecified atom stereocenters. The number of rotatable bonds is 7. The molecular formula is C28H30N5O3. The topological polar surface area (TPSA) is 89.9 Å². The van der Waals surface area contributed by atoms with Crippen molar-refractivity contribution in [2.75, 3.05) is 29.4 Å². The highest BCUT2D eigenvalue weighted by Crippen LogP contribution is 2.41. The SMILES string of the molecule is [CH2]CCCCN1CCC2(CC1)C(=O)N(c1ccc(-c3ccccc3)cc1)C(=O)N2c1nccc(O)n1. The molecule has 0 saturated carbocycles. The number of piperidine rings is 1. The van der Waals surface area contributed by atoms with Crippen molar-refractivity contribution < 1.29 is 14.7 Å². The number of likely N-dealkylation sites (tertiary alicyclic amines) is 1. The molecule has 3 amide bonds. The van der Waals surface area contributed by atoms with Gasteiger partial charge in [-0.15, -0.1) is 0 Å². The minimum atomic E-state index is -1.09. The molecule has 1 radical (unpaired) electrons. The molecule has 5 rings (SSSR count). The Kier molecular flexibility index (Phi) is 6.69. The highest BCUT2D eigenvalue weighted by atomic mass is 16.3. The Morgan fingerprint density at radius 3 is 2.28 bits per heavy atom. The van der Waals surface area contributed by atoms with Crippen LogP contribution in [0, 0.1) is 6.92 Å². The summed E-state index contributed by atoms with van der Waals surface area (Å²) in [7, 11) is 0. The highest BCUT2D eigenvalue weighted by molar-refractivity contribution is 6.30. The summed E-state index contributed by atoms with van der Waals surface area (Å²) >= 11 is 0. The Labute approximate surface area is 211 Å². The number of urea groups is 1. The van der Waals surface area contributed by atoms with Gasteiger partial charge in [0, 0.05) is 25.4 Å². The van der Waals surface area contributed by atoms with Crippen LogP contribution in [-0.4, -0.2) is 57.1 Å². The van der Waals surface area contributed by atoms with Gasteiger partial charge in [-0.2, -0.15) is 4.98 Å². The van der Waals surface area contributed by atoms with Crippen molar-refractivity contribution in [3.05, 3.63) is 73.8 Å². The van der Waals surface area contributed by atoms with E-state index in [4.69, 9.17) is 0 Å². The van der Waals surface area contributed by atoms with Crippen LogP contribution < -0.4 is 9.80 Å². The van der Waals surface area contributed by atoms with Crippen LogP contribution in [0.2, 0.25) is 0 Å². The number of imide groups is 1. The van der Waals surface area contributed by atoms with E-state index in [0.29, 0.717) is 31.6 Å². The van der Waals surface area contributed by atoms with Gasteiger partial charge in [-0.1, -0.05) is 62.2 Å². The van der Waals surface area contributed by atoms with Crippen molar-refractivity contribution in [3.8, 4) is 17.0 Å². The molecule has 1 spiro atoms. The first-order chi connectivity index (χ1) is 17.5. The predicted molar refractivity (Wildman–Crippen MR) is 139 cm³/mol. The van der Waals surface area contributed by atoms with E-state index in [1.54, 1.807) is 12.1 Å². The van der Waals surface area contributed by atoms with Crippen molar-refractivity contribution in [1.82, 2.24) is 14.9 Å². The first-order valence-electron chi connectivity index (χ1n) is 12.4. The summed E-state index contributed by atoms with van der Waals surface area (Å²) in [6.45, 7) is 6.23. The third-order valence-electron chi connectivity index (χ3n) is 7.13. The lowest BCUT2D eigenvalue weighted by Crippen LogP contribution is -2.57. The summed E-state index contributed by atoms with van der Waals surface area (Å²) in [4.78, 5) is 41.1. The maximum Gasteiger partial charge on any atom is 0.339 e. The second kappa shape index (κ2) is 10.1. The van der Waals surface area contributed by atoms with Crippen molar-refractivity contribution in [1.29, 1.82) is 0 Å². The number of carbonyl (C=O) groups is 2. The first kappa shape index (κ1) is 23.9. The summed E-state index contributed by atoms with van der Waals surface area (Å²) in [5, 5.41) is 10.00. The fourth-order valence-corrected chi connectivity index (χ4v) is 5.16. The number of amides is 3. The lowest BCUT2D eigenvalue weighted by Gasteiger charge is -2.41. The molecule has 3 heterocycles. The molecule has 0 atom stereocenters. The summed E-state index contributed by atoms with van der Waals surface area (Å²) in [6, 6.07) is 18.2. The van der Waals surface area contributed by atoms with Crippen molar-refractivity contribution >= 4 is 23.6 Å². The number of anilines is 2. The Balaban J connectivity index is 1.46. The number of benzene rings is 2. The zero-order valence-electron chi connectivity index (χ0n) is 20.2. The lowest BCUT2D eigenvalue weighted by molar-refractivity contribution is -0.123. The number of carbonyl (C=O) groups excluding carboxylic acids is 2. The van der Waals surface area contributed by atoms with E-state index >= 15 is 0 Å². The standard InChI is InChI=1S/C28H30N5O3/c1-2-3-7-18-31-19-15-28(16-20-31)25(35)32(27(36)33(28)26-29-17-14-24(34)30-26)23-12-10-22(11-13-23)21-8-5-4-6-9-21/h4-6,8-14,17H,1-3,7,15-16,18-20H2,(H,29,30,34). The van der Waals surface area contributed by atoms with Gasteiger partial charge in [0.2, 0.25) is 11.8 Å². The Morgan fingerprint density at radius 2 is 1.61 bits per heavy atom. The van der Waals surface area contributed by atoms with Crippen LogP contribution in [0.4, 0.5) is 16.4 Å². The van der Waals surface area contributed by atoms with Gasteiger partial charge >= 0.3 is 6.03 Å². The van der Waals surface area contributed by atoms with Gasteiger partial charge in [-0.3, -0.25) is 4.79 Å². The molecule has 2 aromatic carbocycles. The number of unbranched alkanes of at least 4 members (excludes halogenated alkanes) is 2. The molecule has 8 heteroatoms. The predicted octanol–water partition coefficient (Wildman–Crippen LogP) is 4.66. The van der Waals surface area contributed by atoms with Crippen LogP contribution in [0.1, 0.15) is 32.1 Å². The van der Waals surface area contributed by atoms with Gasteiger partial charge in [0.15, 0.2) is 0 Å². The monoisotopic (exact) mass is 484 g/mol. The first-order valence-corrected chi connectivity index (χ1v) is 12.4. The zero-order chi connectivity index (χ0) is 25.1. The molecule has 8 nitrogen and oxygen atoms in total. The number of aromatic nitrogens is 2. The van der Waals surface area contributed by atoms with E-state index in [9.17, 15) is 14.7 Å². The zero-order valence-corrected chi connectivity index (χ0v) is 20.2. The van der Waals surface area contributed by atoms with Crippen molar-refractivity contribution in [2.45, 2.75) is 37.6 Å². The summed E-state index contributed by atoms with van der Waals surface area (Å²) in [6.07, 6.45) is 5.37. The van der Waals surface area contributed by atoms with Gasteiger partial charge in [0.25, 0.3) is 5.91 Å². The van der Waals surface area contributed by atoms with E-state index in [-0.39, 0.29) is 17.7 Å². The number of hydrogen-bond donors (Lipinski definition) is 1. The van der Waals surface area contributed by atoms with Gasteiger partial charge in [-0.05, 0) is 49.1 Å². The second-order valence-electron chi connectivity index (χ2n) is 9.32. The number of nitrogens with zero attached hydrogens (tertiary/aromatic N) is 5. The Morgan fingerprint density at radius 1 is 0.917 bits per heavy atom. The van der Waals surface area contributed by atoms with Gasteiger partial charge in [0.1, 0.15) is 5.54 Å². The molecule has 0 bridgehead atoms. The third kappa shape index (κ3) is 4.33. The van der Waals surface area contributed by atoms with E-state index in [1.807, 2.05) is 42.5 Å². The van der Waals surface area contributed by atoms with Crippen LogP contribution in [0.15, 0.2) is 66.9 Å². The molecule has 36 heavy (non-hydrogen) atoms. The van der Waals surface area contributed by atoms with E-state index in [2.05, 4.69) is 21.8 Å². The molecule has 2 fully saturated rings. The molecule has 185 valence electrons. The summed E-state index contributed by atoms with van der Waals surface area (Å²) < 4.78 is 0. The average molecular weight is 485 g/mol. The largest absolute Gasteiger partial charge is 0.493 e. The van der Waals surface area contributed by atoms with E-state index in [1.165, 1.54) is 22.1 Å². The summed E-state index contributed by atoms with van der Waals surface area (Å²) in [5.41, 5.74) is 1.47. The smallest absolute Gasteiger partial charge is 0.339 e. The molecule has 3 aromatic rings. The van der Waals surface area contributed by atoms with Crippen LogP contribution >= 0.6 is 0 Å². The van der Waals surface area contributed by atoms with Gasteiger partial charge in [-0.25, -0.2) is 19.6 Å². The van der Waals surface area contributed by atoms with E-state index in [0.717, 1.165) is 36.9 Å². The van der Waals surface area contributed by atoms with Crippen LogP contribution in [0.25, 0.3) is 11.1 Å². The Hall–Kier alpha value is -3.78. The number of aromatic hydroxyl groups is 1. The van der Waals surface area contributed by atoms with Gasteiger partial charge < -0.3 is 10.0 Å². The van der Waals surface area contributed by atoms with Crippen LogP contribution in [0.5, 0.6) is 5.88 Å². The van der Waals surface area contributed by atoms with Crippen LogP contribution in [-0.2, 0) is 4.79 Å². The molecular weight excluding hydrogens is 454 g/mol. The third-order valence-corrected chi connectivity index (χ3v) is 7.13.